The molecule has 0 atom stereocenters. The summed E-state index contributed by atoms with van der Waals surface area (Å²) in [5.74, 6) is 0.882. The van der Waals surface area contributed by atoms with Crippen LogP contribution in [0.2, 0.25) is 0 Å². The Morgan fingerprint density at radius 1 is 0.857 bits per heavy atom. The van der Waals surface area contributed by atoms with Gasteiger partial charge in [0.2, 0.25) is 10.0 Å². The number of sulfonamides is 1. The van der Waals surface area contributed by atoms with E-state index in [1.165, 1.54) is 0 Å². The largest absolute Gasteiger partial charge is 0.490 e. The van der Waals surface area contributed by atoms with Crippen LogP contribution in [-0.4, -0.2) is 60.9 Å². The zero-order chi connectivity index (χ0) is 19.4. The molecule has 1 aromatic heterocycles. The topological polar surface area (TPSA) is 62.7 Å². The minimum absolute atomic E-state index is 0.247. The van der Waals surface area contributed by atoms with E-state index < -0.39 is 10.0 Å². The fraction of sp³-hybridized carbons (Fsp3) is 0.476. The van der Waals surface area contributed by atoms with Gasteiger partial charge in [-0.05, 0) is 49.9 Å². The number of rotatable bonds is 5. The molecule has 0 amide bonds. The van der Waals surface area contributed by atoms with Gasteiger partial charge in [0.25, 0.3) is 0 Å². The monoisotopic (exact) mass is 401 g/mol. The highest BCUT2D eigenvalue weighted by Crippen LogP contribution is 2.26. The predicted octanol–water partition coefficient (Wildman–Crippen LogP) is 2.78. The van der Waals surface area contributed by atoms with Gasteiger partial charge in [-0.2, -0.15) is 4.31 Å². The van der Waals surface area contributed by atoms with Crippen molar-refractivity contribution < 1.29 is 13.2 Å². The lowest BCUT2D eigenvalue weighted by molar-refractivity contribution is 0.0585. The number of nitrogens with zero attached hydrogens (tertiary/aromatic N) is 3. The highest BCUT2D eigenvalue weighted by Gasteiger charge is 2.33. The lowest BCUT2D eigenvalue weighted by atomic mass is 10.00. The van der Waals surface area contributed by atoms with Gasteiger partial charge in [-0.1, -0.05) is 18.2 Å². The van der Waals surface area contributed by atoms with Crippen molar-refractivity contribution in [2.75, 3.05) is 26.2 Å². The van der Waals surface area contributed by atoms with Crippen molar-refractivity contribution in [3.05, 3.63) is 54.9 Å². The first-order valence-corrected chi connectivity index (χ1v) is 11.4. The second-order valence-corrected chi connectivity index (χ2v) is 9.42. The van der Waals surface area contributed by atoms with Crippen LogP contribution < -0.4 is 4.74 Å². The second-order valence-electron chi connectivity index (χ2n) is 7.48. The molecule has 0 N–H and O–H groups in total. The van der Waals surface area contributed by atoms with Crippen LogP contribution in [0.25, 0.3) is 0 Å². The summed E-state index contributed by atoms with van der Waals surface area (Å²) >= 11 is 0. The number of benzene rings is 1. The summed E-state index contributed by atoms with van der Waals surface area (Å²) in [5.41, 5.74) is 0. The zero-order valence-corrected chi connectivity index (χ0v) is 16.8. The van der Waals surface area contributed by atoms with E-state index in [4.69, 9.17) is 4.74 Å². The quantitative estimate of drug-likeness (QED) is 0.771. The van der Waals surface area contributed by atoms with Gasteiger partial charge >= 0.3 is 0 Å². The van der Waals surface area contributed by atoms with Crippen LogP contribution >= 0.6 is 0 Å². The molecule has 4 rings (SSSR count). The van der Waals surface area contributed by atoms with Crippen molar-refractivity contribution in [1.29, 1.82) is 0 Å². The fourth-order valence-corrected chi connectivity index (χ4v) is 5.65. The average molecular weight is 402 g/mol. The molecule has 0 spiro atoms. The van der Waals surface area contributed by atoms with Crippen LogP contribution in [0.4, 0.5) is 0 Å². The normalized spacial score (nSPS) is 20.9. The highest BCUT2D eigenvalue weighted by molar-refractivity contribution is 7.89. The molecule has 0 saturated carbocycles. The molecular weight excluding hydrogens is 374 g/mol. The smallest absolute Gasteiger partial charge is 0.243 e. The third-order valence-electron chi connectivity index (χ3n) is 5.75. The SMILES string of the molecule is O=S(=O)(c1ccccc1)N1CCC(N2CCC(Oc3ccncc3)CC2)CC1. The summed E-state index contributed by atoms with van der Waals surface area (Å²) in [4.78, 5) is 6.92. The highest BCUT2D eigenvalue weighted by atomic mass is 32.2. The summed E-state index contributed by atoms with van der Waals surface area (Å²) in [6.07, 6.45) is 7.54. The van der Waals surface area contributed by atoms with E-state index in [0.29, 0.717) is 24.0 Å². The first-order chi connectivity index (χ1) is 13.6. The van der Waals surface area contributed by atoms with Gasteiger partial charge < -0.3 is 9.64 Å². The van der Waals surface area contributed by atoms with Gasteiger partial charge in [0, 0.05) is 44.6 Å². The summed E-state index contributed by atoms with van der Waals surface area (Å²) in [6, 6.07) is 13.0. The first kappa shape index (κ1) is 19.4. The van der Waals surface area contributed by atoms with E-state index in [9.17, 15) is 8.42 Å². The number of hydrogen-bond acceptors (Lipinski definition) is 5. The van der Waals surface area contributed by atoms with Gasteiger partial charge in [0.15, 0.2) is 0 Å². The molecule has 150 valence electrons. The Morgan fingerprint density at radius 2 is 1.50 bits per heavy atom. The molecule has 28 heavy (non-hydrogen) atoms. The fourth-order valence-electron chi connectivity index (χ4n) is 4.16. The van der Waals surface area contributed by atoms with Crippen LogP contribution in [-0.2, 0) is 10.0 Å². The molecule has 2 aromatic rings. The van der Waals surface area contributed by atoms with E-state index >= 15 is 0 Å². The first-order valence-electron chi connectivity index (χ1n) is 9.99. The van der Waals surface area contributed by atoms with Crippen LogP contribution in [0, 0.1) is 0 Å². The number of ether oxygens (including phenoxy) is 1. The van der Waals surface area contributed by atoms with Crippen molar-refractivity contribution in [3.63, 3.8) is 0 Å². The standard InChI is InChI=1S/C21H27N3O3S/c25-28(26,21-4-2-1-3-5-21)24-16-8-18(9-17-24)23-14-10-20(11-15-23)27-19-6-12-22-13-7-19/h1-7,12-13,18,20H,8-11,14-17H2. The second kappa shape index (κ2) is 8.59. The average Bonchev–Trinajstić information content (AvgIpc) is 2.76. The molecular formula is C21H27N3O3S. The van der Waals surface area contributed by atoms with Gasteiger partial charge in [-0.25, -0.2) is 8.42 Å². The van der Waals surface area contributed by atoms with E-state index in [1.54, 1.807) is 41.0 Å². The molecule has 3 heterocycles. The molecule has 2 fully saturated rings. The molecule has 0 unspecified atom stereocenters. The number of pyridine rings is 1. The molecule has 0 aliphatic carbocycles. The van der Waals surface area contributed by atoms with E-state index in [1.807, 2.05) is 18.2 Å². The molecule has 1 aromatic carbocycles. The number of piperidine rings is 2. The third-order valence-corrected chi connectivity index (χ3v) is 7.66. The minimum atomic E-state index is -3.37. The summed E-state index contributed by atoms with van der Waals surface area (Å²) in [5, 5.41) is 0. The van der Waals surface area contributed by atoms with Crippen molar-refractivity contribution in [2.45, 2.75) is 42.7 Å². The van der Waals surface area contributed by atoms with Crippen molar-refractivity contribution in [3.8, 4) is 5.75 Å². The van der Waals surface area contributed by atoms with Crippen LogP contribution in [0.15, 0.2) is 59.8 Å². The van der Waals surface area contributed by atoms with Crippen molar-refractivity contribution >= 4 is 10.0 Å². The van der Waals surface area contributed by atoms with Gasteiger partial charge in [-0.3, -0.25) is 4.98 Å². The molecule has 2 aliphatic heterocycles. The number of hydrogen-bond donors (Lipinski definition) is 0. The summed E-state index contributed by atoms with van der Waals surface area (Å²) in [7, 11) is -3.37. The maximum atomic E-state index is 12.8. The maximum Gasteiger partial charge on any atom is 0.243 e. The summed E-state index contributed by atoms with van der Waals surface area (Å²) in [6.45, 7) is 3.20. The lowest BCUT2D eigenvalue weighted by Crippen LogP contribution is -2.50. The van der Waals surface area contributed by atoms with E-state index in [2.05, 4.69) is 9.88 Å². The van der Waals surface area contributed by atoms with Gasteiger partial charge in [0.1, 0.15) is 11.9 Å². The number of aromatic nitrogens is 1. The maximum absolute atomic E-state index is 12.8. The Labute approximate surface area is 167 Å². The third kappa shape index (κ3) is 4.37. The Morgan fingerprint density at radius 3 is 2.14 bits per heavy atom. The zero-order valence-electron chi connectivity index (χ0n) is 16.0. The lowest BCUT2D eigenvalue weighted by Gasteiger charge is -2.41. The molecule has 0 radical (unpaired) electrons. The molecule has 6 nitrogen and oxygen atoms in total. The van der Waals surface area contributed by atoms with Crippen LogP contribution in [0.3, 0.4) is 0 Å². The van der Waals surface area contributed by atoms with Crippen molar-refractivity contribution in [1.82, 2.24) is 14.2 Å². The van der Waals surface area contributed by atoms with Gasteiger partial charge in [-0.15, -0.1) is 0 Å². The van der Waals surface area contributed by atoms with Gasteiger partial charge in [0.05, 0.1) is 4.90 Å². The molecule has 2 saturated heterocycles. The molecule has 0 bridgehead atoms. The number of likely N-dealkylation sites (tertiary alicyclic amines) is 1. The Hall–Kier alpha value is -1.96. The molecule has 2 aliphatic rings. The Balaban J connectivity index is 1.27. The van der Waals surface area contributed by atoms with Crippen LogP contribution in [0.5, 0.6) is 5.75 Å². The summed E-state index contributed by atoms with van der Waals surface area (Å²) < 4.78 is 33.2. The predicted molar refractivity (Wildman–Crippen MR) is 108 cm³/mol. The van der Waals surface area contributed by atoms with E-state index in [-0.39, 0.29) is 6.10 Å². The molecule has 7 heteroatoms. The van der Waals surface area contributed by atoms with Crippen LogP contribution in [0.1, 0.15) is 25.7 Å². The van der Waals surface area contributed by atoms with Crippen molar-refractivity contribution in [2.24, 2.45) is 0 Å². The Bertz CT molecular complexity index is 845. The minimum Gasteiger partial charge on any atom is -0.490 e. The van der Waals surface area contributed by atoms with E-state index in [0.717, 1.165) is 44.5 Å². The Kier molecular flexibility index (Phi) is 5.94.